The van der Waals surface area contributed by atoms with Gasteiger partial charge in [0.15, 0.2) is 0 Å². The Morgan fingerprint density at radius 1 is 1.06 bits per heavy atom. The first-order chi connectivity index (χ1) is 8.83. The molecule has 0 aliphatic heterocycles. The average molecular weight is 242 g/mol. The molecule has 3 nitrogen and oxygen atoms in total. The molecule has 1 heterocycles. The van der Waals surface area contributed by atoms with Crippen LogP contribution in [0.5, 0.6) is 0 Å². The summed E-state index contributed by atoms with van der Waals surface area (Å²) in [6, 6.07) is 10.7. The third kappa shape index (κ3) is 2.31. The lowest BCUT2D eigenvalue weighted by atomic mass is 9.93. The van der Waals surface area contributed by atoms with Crippen molar-refractivity contribution < 1.29 is 5.11 Å². The molecule has 1 aromatic carbocycles. The number of rotatable bonds is 2. The van der Waals surface area contributed by atoms with Gasteiger partial charge in [0.25, 0.3) is 0 Å². The molecule has 1 fully saturated rings. The topological polar surface area (TPSA) is 45.1 Å². The molecule has 94 valence electrons. The molecule has 1 aromatic heterocycles. The zero-order chi connectivity index (χ0) is 12.4. The summed E-state index contributed by atoms with van der Waals surface area (Å²) in [4.78, 5) is 4.37. The van der Waals surface area contributed by atoms with Gasteiger partial charge < -0.3 is 10.4 Å². The lowest BCUT2D eigenvalue weighted by Gasteiger charge is -2.27. The van der Waals surface area contributed by atoms with E-state index in [0.717, 1.165) is 36.9 Å². The van der Waals surface area contributed by atoms with E-state index in [1.807, 2.05) is 24.4 Å². The van der Waals surface area contributed by atoms with Gasteiger partial charge in [-0.1, -0.05) is 6.07 Å². The normalized spacial score (nSPS) is 24.1. The maximum Gasteiger partial charge on any atom is 0.0722 e. The first-order valence-corrected chi connectivity index (χ1v) is 6.61. The van der Waals surface area contributed by atoms with Crippen LogP contribution in [-0.2, 0) is 0 Å². The highest BCUT2D eigenvalue weighted by atomic mass is 16.3. The third-order valence-corrected chi connectivity index (χ3v) is 3.70. The maximum atomic E-state index is 9.53. The number of benzene rings is 1. The SMILES string of the molecule is OC1CCC(Nc2cccc3ncccc23)CC1. The summed E-state index contributed by atoms with van der Waals surface area (Å²) in [5.74, 6) is 0. The Kier molecular flexibility index (Phi) is 3.15. The second-order valence-electron chi connectivity index (χ2n) is 5.03. The Morgan fingerprint density at radius 3 is 2.72 bits per heavy atom. The van der Waals surface area contributed by atoms with Crippen molar-refractivity contribution in [2.24, 2.45) is 0 Å². The van der Waals surface area contributed by atoms with Crippen LogP contribution in [0.3, 0.4) is 0 Å². The van der Waals surface area contributed by atoms with Gasteiger partial charge in [-0.05, 0) is 49.9 Å². The molecular weight excluding hydrogens is 224 g/mol. The number of aromatic nitrogens is 1. The number of nitrogens with zero attached hydrogens (tertiary/aromatic N) is 1. The Morgan fingerprint density at radius 2 is 1.89 bits per heavy atom. The van der Waals surface area contributed by atoms with Crippen LogP contribution in [0, 0.1) is 0 Å². The van der Waals surface area contributed by atoms with Crippen molar-refractivity contribution in [3.63, 3.8) is 0 Å². The van der Waals surface area contributed by atoms with E-state index in [1.165, 1.54) is 5.39 Å². The average Bonchev–Trinajstić information content (AvgIpc) is 2.42. The van der Waals surface area contributed by atoms with Crippen molar-refractivity contribution in [1.82, 2.24) is 4.98 Å². The molecule has 0 amide bonds. The van der Waals surface area contributed by atoms with E-state index < -0.39 is 0 Å². The van der Waals surface area contributed by atoms with Gasteiger partial charge in [0, 0.05) is 23.3 Å². The molecule has 0 radical (unpaired) electrons. The van der Waals surface area contributed by atoms with Crippen LogP contribution in [0.2, 0.25) is 0 Å². The molecule has 0 saturated heterocycles. The van der Waals surface area contributed by atoms with Gasteiger partial charge in [0.2, 0.25) is 0 Å². The second kappa shape index (κ2) is 4.94. The van der Waals surface area contributed by atoms with E-state index in [1.54, 1.807) is 0 Å². The lowest BCUT2D eigenvalue weighted by Crippen LogP contribution is -2.28. The summed E-state index contributed by atoms with van der Waals surface area (Å²) in [5, 5.41) is 14.3. The monoisotopic (exact) mass is 242 g/mol. The summed E-state index contributed by atoms with van der Waals surface area (Å²) in [6.07, 6.45) is 5.61. The van der Waals surface area contributed by atoms with Gasteiger partial charge in [0.1, 0.15) is 0 Å². The van der Waals surface area contributed by atoms with E-state index in [2.05, 4.69) is 22.4 Å². The van der Waals surface area contributed by atoms with Crippen LogP contribution in [0.25, 0.3) is 10.9 Å². The van der Waals surface area contributed by atoms with Gasteiger partial charge >= 0.3 is 0 Å². The molecule has 0 atom stereocenters. The number of aliphatic hydroxyl groups excluding tert-OH is 1. The zero-order valence-electron chi connectivity index (χ0n) is 10.3. The third-order valence-electron chi connectivity index (χ3n) is 3.70. The summed E-state index contributed by atoms with van der Waals surface area (Å²) in [5.41, 5.74) is 2.18. The molecule has 1 saturated carbocycles. The molecule has 1 aliphatic carbocycles. The predicted molar refractivity (Wildman–Crippen MR) is 73.6 cm³/mol. The van der Waals surface area contributed by atoms with E-state index in [0.29, 0.717) is 6.04 Å². The minimum absolute atomic E-state index is 0.0998. The smallest absolute Gasteiger partial charge is 0.0722 e. The largest absolute Gasteiger partial charge is 0.393 e. The predicted octanol–water partition coefficient (Wildman–Crippen LogP) is 2.95. The highest BCUT2D eigenvalue weighted by Gasteiger charge is 2.19. The molecule has 1 aliphatic rings. The molecule has 3 rings (SSSR count). The van der Waals surface area contributed by atoms with Crippen LogP contribution in [0.4, 0.5) is 5.69 Å². The van der Waals surface area contributed by atoms with Crippen molar-refractivity contribution >= 4 is 16.6 Å². The van der Waals surface area contributed by atoms with Gasteiger partial charge in [-0.15, -0.1) is 0 Å². The molecule has 3 heteroatoms. The molecule has 0 bridgehead atoms. The van der Waals surface area contributed by atoms with Crippen LogP contribution in [0.1, 0.15) is 25.7 Å². The van der Waals surface area contributed by atoms with E-state index in [-0.39, 0.29) is 6.10 Å². The number of fused-ring (bicyclic) bond motifs is 1. The number of pyridine rings is 1. The second-order valence-corrected chi connectivity index (χ2v) is 5.03. The molecule has 0 spiro atoms. The minimum Gasteiger partial charge on any atom is -0.393 e. The van der Waals surface area contributed by atoms with E-state index in [4.69, 9.17) is 0 Å². The number of hydrogen-bond donors (Lipinski definition) is 2. The van der Waals surface area contributed by atoms with Crippen molar-refractivity contribution in [2.45, 2.75) is 37.8 Å². The summed E-state index contributed by atoms with van der Waals surface area (Å²) in [7, 11) is 0. The van der Waals surface area contributed by atoms with Crippen LogP contribution >= 0.6 is 0 Å². The van der Waals surface area contributed by atoms with Crippen LogP contribution < -0.4 is 5.32 Å². The Bertz CT molecular complexity index is 528. The van der Waals surface area contributed by atoms with Gasteiger partial charge in [-0.2, -0.15) is 0 Å². The maximum absolute atomic E-state index is 9.53. The van der Waals surface area contributed by atoms with E-state index in [9.17, 15) is 5.11 Å². The quantitative estimate of drug-likeness (QED) is 0.851. The molecule has 0 unspecified atom stereocenters. The van der Waals surface area contributed by atoms with Crippen molar-refractivity contribution in [1.29, 1.82) is 0 Å². The Balaban J connectivity index is 1.82. The van der Waals surface area contributed by atoms with Gasteiger partial charge in [-0.3, -0.25) is 4.98 Å². The Hall–Kier alpha value is -1.61. The summed E-state index contributed by atoms with van der Waals surface area (Å²) < 4.78 is 0. The van der Waals surface area contributed by atoms with Gasteiger partial charge in [0.05, 0.1) is 11.6 Å². The number of anilines is 1. The highest BCUT2D eigenvalue weighted by Crippen LogP contribution is 2.26. The van der Waals surface area contributed by atoms with Crippen LogP contribution in [0.15, 0.2) is 36.5 Å². The molecule has 2 N–H and O–H groups in total. The number of aliphatic hydroxyl groups is 1. The minimum atomic E-state index is -0.0998. The Labute approximate surface area is 107 Å². The van der Waals surface area contributed by atoms with Crippen LogP contribution in [-0.4, -0.2) is 22.2 Å². The number of hydrogen-bond acceptors (Lipinski definition) is 3. The van der Waals surface area contributed by atoms with Crippen molar-refractivity contribution in [3.05, 3.63) is 36.5 Å². The summed E-state index contributed by atoms with van der Waals surface area (Å²) in [6.45, 7) is 0. The fourth-order valence-corrected chi connectivity index (χ4v) is 2.67. The van der Waals surface area contributed by atoms with Crippen molar-refractivity contribution in [2.75, 3.05) is 5.32 Å². The van der Waals surface area contributed by atoms with E-state index >= 15 is 0 Å². The molecule has 18 heavy (non-hydrogen) atoms. The first kappa shape index (κ1) is 11.5. The fraction of sp³-hybridized carbons (Fsp3) is 0.400. The molecule has 2 aromatic rings. The highest BCUT2D eigenvalue weighted by molar-refractivity contribution is 5.91. The summed E-state index contributed by atoms with van der Waals surface area (Å²) >= 11 is 0. The first-order valence-electron chi connectivity index (χ1n) is 6.61. The lowest BCUT2D eigenvalue weighted by molar-refractivity contribution is 0.126. The molecular formula is C15H18N2O. The van der Waals surface area contributed by atoms with Gasteiger partial charge in [-0.25, -0.2) is 0 Å². The van der Waals surface area contributed by atoms with Crippen molar-refractivity contribution in [3.8, 4) is 0 Å². The standard InChI is InChI=1S/C15H18N2O/c18-12-8-6-11(7-9-12)17-15-5-1-4-14-13(15)3-2-10-16-14/h1-5,10-12,17-18H,6-9H2. The zero-order valence-corrected chi connectivity index (χ0v) is 10.3. The number of nitrogens with one attached hydrogen (secondary N) is 1. The fourth-order valence-electron chi connectivity index (χ4n) is 2.67.